The second-order valence-electron chi connectivity index (χ2n) is 3.65. The van der Waals surface area contributed by atoms with Gasteiger partial charge in [-0.3, -0.25) is 4.79 Å². The van der Waals surface area contributed by atoms with Gasteiger partial charge in [0.25, 0.3) is 0 Å². The zero-order chi connectivity index (χ0) is 9.03. The van der Waals surface area contributed by atoms with Crippen LogP contribution < -0.4 is 0 Å². The van der Waals surface area contributed by atoms with E-state index in [2.05, 4.69) is 6.42 Å². The standard InChI is InChI=1S/C10H17O2/c1-3-12-9(11)10(2)7-5-4-6-8-10/h4H,3,5-8H2,1-2H3. The predicted octanol–water partition coefficient (Wildman–Crippen LogP) is 2.33. The zero-order valence-electron chi connectivity index (χ0n) is 7.93. The van der Waals surface area contributed by atoms with Gasteiger partial charge < -0.3 is 4.74 Å². The van der Waals surface area contributed by atoms with Crippen LogP contribution in [0.25, 0.3) is 0 Å². The number of hydrogen-bond acceptors (Lipinski definition) is 2. The van der Waals surface area contributed by atoms with Crippen molar-refractivity contribution in [3.63, 3.8) is 0 Å². The van der Waals surface area contributed by atoms with Crippen molar-refractivity contribution >= 4 is 5.97 Å². The minimum Gasteiger partial charge on any atom is -0.466 e. The van der Waals surface area contributed by atoms with E-state index < -0.39 is 0 Å². The highest BCUT2D eigenvalue weighted by Gasteiger charge is 2.35. The Balaban J connectivity index is 2.50. The zero-order valence-corrected chi connectivity index (χ0v) is 7.93. The van der Waals surface area contributed by atoms with Gasteiger partial charge in [0.15, 0.2) is 0 Å². The van der Waals surface area contributed by atoms with E-state index in [1.165, 1.54) is 0 Å². The summed E-state index contributed by atoms with van der Waals surface area (Å²) < 4.78 is 5.03. The SMILES string of the molecule is CCOC(=O)C1(C)CC[CH]CC1. The molecule has 0 aromatic heterocycles. The van der Waals surface area contributed by atoms with Crippen LogP contribution in [0.2, 0.25) is 0 Å². The van der Waals surface area contributed by atoms with E-state index in [-0.39, 0.29) is 11.4 Å². The number of carbonyl (C=O) groups is 1. The van der Waals surface area contributed by atoms with Crippen LogP contribution >= 0.6 is 0 Å². The van der Waals surface area contributed by atoms with E-state index >= 15 is 0 Å². The maximum absolute atomic E-state index is 11.5. The summed E-state index contributed by atoms with van der Waals surface area (Å²) in [5.41, 5.74) is -0.204. The van der Waals surface area contributed by atoms with Crippen molar-refractivity contribution in [1.82, 2.24) is 0 Å². The molecular weight excluding hydrogens is 152 g/mol. The molecule has 0 aliphatic heterocycles. The normalized spacial score (nSPS) is 21.8. The molecule has 0 spiro atoms. The van der Waals surface area contributed by atoms with Gasteiger partial charge in [0.1, 0.15) is 0 Å². The smallest absolute Gasteiger partial charge is 0.311 e. The van der Waals surface area contributed by atoms with Crippen LogP contribution in [0, 0.1) is 11.8 Å². The van der Waals surface area contributed by atoms with Crippen LogP contribution in [0.15, 0.2) is 0 Å². The fraction of sp³-hybridized carbons (Fsp3) is 0.800. The molecule has 1 rings (SSSR count). The van der Waals surface area contributed by atoms with Crippen LogP contribution in [-0.4, -0.2) is 12.6 Å². The van der Waals surface area contributed by atoms with Gasteiger partial charge in [-0.1, -0.05) is 0 Å². The number of esters is 1. The van der Waals surface area contributed by atoms with Crippen molar-refractivity contribution in [2.75, 3.05) is 6.61 Å². The molecule has 1 aliphatic carbocycles. The summed E-state index contributed by atoms with van der Waals surface area (Å²) in [6.07, 6.45) is 6.25. The van der Waals surface area contributed by atoms with Crippen molar-refractivity contribution in [1.29, 1.82) is 0 Å². The third-order valence-electron chi connectivity index (χ3n) is 2.57. The third kappa shape index (κ3) is 1.99. The van der Waals surface area contributed by atoms with Gasteiger partial charge in [-0.15, -0.1) is 0 Å². The fourth-order valence-corrected chi connectivity index (χ4v) is 1.62. The summed E-state index contributed by atoms with van der Waals surface area (Å²) in [5.74, 6) is -0.0156. The average Bonchev–Trinajstić information content (AvgIpc) is 2.06. The molecule has 0 heterocycles. The van der Waals surface area contributed by atoms with E-state index in [0.717, 1.165) is 25.7 Å². The van der Waals surface area contributed by atoms with Crippen LogP contribution in [-0.2, 0) is 9.53 Å². The molecule has 12 heavy (non-hydrogen) atoms. The Morgan fingerprint density at radius 2 is 2.08 bits per heavy atom. The molecular formula is C10H17O2. The van der Waals surface area contributed by atoms with Gasteiger partial charge in [0.2, 0.25) is 0 Å². The second-order valence-corrected chi connectivity index (χ2v) is 3.65. The Labute approximate surface area is 74.3 Å². The molecule has 0 aromatic carbocycles. The highest BCUT2D eigenvalue weighted by molar-refractivity contribution is 5.76. The molecule has 1 saturated carbocycles. The first-order valence-electron chi connectivity index (χ1n) is 4.68. The Morgan fingerprint density at radius 3 is 2.58 bits per heavy atom. The highest BCUT2D eigenvalue weighted by atomic mass is 16.5. The Kier molecular flexibility index (Phi) is 3.12. The van der Waals surface area contributed by atoms with Crippen LogP contribution in [0.1, 0.15) is 39.5 Å². The van der Waals surface area contributed by atoms with E-state index in [9.17, 15) is 4.79 Å². The highest BCUT2D eigenvalue weighted by Crippen LogP contribution is 2.36. The summed E-state index contributed by atoms with van der Waals surface area (Å²) in [4.78, 5) is 11.5. The van der Waals surface area contributed by atoms with Gasteiger partial charge >= 0.3 is 5.97 Å². The molecule has 1 fully saturated rings. The quantitative estimate of drug-likeness (QED) is 0.593. The topological polar surface area (TPSA) is 26.3 Å². The van der Waals surface area contributed by atoms with Crippen molar-refractivity contribution in [2.45, 2.75) is 39.5 Å². The lowest BCUT2D eigenvalue weighted by Gasteiger charge is -2.30. The van der Waals surface area contributed by atoms with Crippen molar-refractivity contribution in [3.8, 4) is 0 Å². The lowest BCUT2D eigenvalue weighted by molar-refractivity contribution is -0.155. The number of hydrogen-bond donors (Lipinski definition) is 0. The third-order valence-corrected chi connectivity index (χ3v) is 2.57. The maximum Gasteiger partial charge on any atom is 0.311 e. The Hall–Kier alpha value is -0.530. The average molecular weight is 169 g/mol. The molecule has 0 amide bonds. The van der Waals surface area contributed by atoms with Gasteiger partial charge in [0.05, 0.1) is 12.0 Å². The van der Waals surface area contributed by atoms with E-state index in [4.69, 9.17) is 4.74 Å². The summed E-state index contributed by atoms with van der Waals surface area (Å²) in [5, 5.41) is 0. The molecule has 0 bridgehead atoms. The largest absolute Gasteiger partial charge is 0.466 e. The first-order chi connectivity index (χ1) is 5.69. The van der Waals surface area contributed by atoms with Crippen molar-refractivity contribution < 1.29 is 9.53 Å². The van der Waals surface area contributed by atoms with Gasteiger partial charge in [-0.05, 0) is 46.0 Å². The summed E-state index contributed by atoms with van der Waals surface area (Å²) in [6.45, 7) is 4.37. The molecule has 0 saturated heterocycles. The molecule has 1 radical (unpaired) electrons. The Morgan fingerprint density at radius 1 is 1.50 bits per heavy atom. The van der Waals surface area contributed by atoms with Crippen molar-refractivity contribution in [3.05, 3.63) is 6.42 Å². The van der Waals surface area contributed by atoms with E-state index in [1.807, 2.05) is 13.8 Å². The summed E-state index contributed by atoms with van der Waals surface area (Å²) in [7, 11) is 0. The second kappa shape index (κ2) is 3.92. The molecule has 0 N–H and O–H groups in total. The van der Waals surface area contributed by atoms with Gasteiger partial charge in [0, 0.05) is 0 Å². The molecule has 2 heteroatoms. The lowest BCUT2D eigenvalue weighted by atomic mass is 9.76. The fourth-order valence-electron chi connectivity index (χ4n) is 1.62. The lowest BCUT2D eigenvalue weighted by Crippen LogP contribution is -2.32. The number of carbonyl (C=O) groups excluding carboxylic acids is 1. The van der Waals surface area contributed by atoms with Gasteiger partial charge in [-0.2, -0.15) is 0 Å². The van der Waals surface area contributed by atoms with Crippen LogP contribution in [0.5, 0.6) is 0 Å². The summed E-state index contributed by atoms with van der Waals surface area (Å²) in [6, 6.07) is 0. The van der Waals surface area contributed by atoms with Crippen molar-refractivity contribution in [2.24, 2.45) is 5.41 Å². The molecule has 0 atom stereocenters. The minimum atomic E-state index is -0.204. The van der Waals surface area contributed by atoms with E-state index in [0.29, 0.717) is 6.61 Å². The first kappa shape index (κ1) is 9.56. The minimum absolute atomic E-state index is 0.0156. The molecule has 2 nitrogen and oxygen atoms in total. The predicted molar refractivity (Wildman–Crippen MR) is 47.5 cm³/mol. The first-order valence-corrected chi connectivity index (χ1v) is 4.68. The molecule has 0 aromatic rings. The number of ether oxygens (including phenoxy) is 1. The van der Waals surface area contributed by atoms with E-state index in [1.54, 1.807) is 0 Å². The molecule has 1 aliphatic rings. The Bertz CT molecular complexity index is 157. The molecule has 0 unspecified atom stereocenters. The monoisotopic (exact) mass is 169 g/mol. The van der Waals surface area contributed by atoms with Gasteiger partial charge in [-0.25, -0.2) is 0 Å². The molecule has 69 valence electrons. The van der Waals surface area contributed by atoms with Crippen LogP contribution in [0.3, 0.4) is 0 Å². The summed E-state index contributed by atoms with van der Waals surface area (Å²) >= 11 is 0. The maximum atomic E-state index is 11.5. The number of rotatable bonds is 2. The van der Waals surface area contributed by atoms with Crippen LogP contribution in [0.4, 0.5) is 0 Å².